The lowest BCUT2D eigenvalue weighted by Gasteiger charge is -2.19. The van der Waals surface area contributed by atoms with Crippen LogP contribution < -0.4 is 10.6 Å². The number of fused-ring (bicyclic) bond motifs is 1. The molecule has 2 unspecified atom stereocenters. The van der Waals surface area contributed by atoms with Gasteiger partial charge in [-0.2, -0.15) is 0 Å². The van der Waals surface area contributed by atoms with Crippen LogP contribution in [-0.2, 0) is 11.2 Å². The summed E-state index contributed by atoms with van der Waals surface area (Å²) in [6.45, 7) is 1.04. The number of aliphatic hydroxyl groups is 1. The number of benzene rings is 1. The Morgan fingerprint density at radius 3 is 2.71 bits per heavy atom. The second-order valence-electron chi connectivity index (χ2n) is 6.83. The van der Waals surface area contributed by atoms with E-state index in [9.17, 15) is 9.90 Å². The van der Waals surface area contributed by atoms with E-state index >= 15 is 0 Å². The molecule has 1 aromatic rings. The predicted molar refractivity (Wildman–Crippen MR) is 92.9 cm³/mol. The van der Waals surface area contributed by atoms with E-state index in [1.165, 1.54) is 25.7 Å². The zero-order valence-electron chi connectivity index (χ0n) is 14.2. The first-order valence-corrected chi connectivity index (χ1v) is 9.16. The first-order valence-electron chi connectivity index (χ1n) is 9.16. The summed E-state index contributed by atoms with van der Waals surface area (Å²) in [5.74, 6) is 0. The van der Waals surface area contributed by atoms with Gasteiger partial charge in [-0.05, 0) is 24.0 Å². The minimum absolute atomic E-state index is 0.250. The molecule has 24 heavy (non-hydrogen) atoms. The second kappa shape index (κ2) is 8.49. The van der Waals surface area contributed by atoms with Crippen molar-refractivity contribution in [3.63, 3.8) is 0 Å². The molecular weight excluding hydrogens is 304 g/mol. The van der Waals surface area contributed by atoms with Crippen LogP contribution in [0.15, 0.2) is 24.3 Å². The van der Waals surface area contributed by atoms with Gasteiger partial charge in [0.25, 0.3) is 0 Å². The Hall–Kier alpha value is -1.59. The summed E-state index contributed by atoms with van der Waals surface area (Å²) >= 11 is 0. The molecule has 3 N–H and O–H groups in total. The Morgan fingerprint density at radius 1 is 1.17 bits per heavy atom. The summed E-state index contributed by atoms with van der Waals surface area (Å²) in [6.07, 6.45) is 7.77. The van der Waals surface area contributed by atoms with E-state index in [0.29, 0.717) is 25.7 Å². The number of amides is 2. The van der Waals surface area contributed by atoms with Crippen molar-refractivity contribution < 1.29 is 14.6 Å². The highest BCUT2D eigenvalue weighted by molar-refractivity contribution is 5.74. The zero-order chi connectivity index (χ0) is 16.8. The third-order valence-corrected chi connectivity index (χ3v) is 5.03. The maximum atomic E-state index is 12.1. The van der Waals surface area contributed by atoms with Crippen LogP contribution in [0.1, 0.15) is 55.7 Å². The highest BCUT2D eigenvalue weighted by Gasteiger charge is 2.31. The molecule has 0 aromatic heterocycles. The van der Waals surface area contributed by atoms with Crippen LogP contribution in [-0.4, -0.2) is 36.5 Å². The molecule has 3 rings (SSSR count). The fourth-order valence-corrected chi connectivity index (χ4v) is 3.74. The molecule has 5 nitrogen and oxygen atoms in total. The highest BCUT2D eigenvalue weighted by atomic mass is 16.5. The van der Waals surface area contributed by atoms with Gasteiger partial charge >= 0.3 is 6.03 Å². The minimum atomic E-state index is -0.560. The van der Waals surface area contributed by atoms with Crippen molar-refractivity contribution in [1.82, 2.24) is 10.6 Å². The summed E-state index contributed by atoms with van der Waals surface area (Å²) < 4.78 is 5.87. The fraction of sp³-hybridized carbons (Fsp3) is 0.632. The van der Waals surface area contributed by atoms with Gasteiger partial charge in [0.05, 0.1) is 24.9 Å². The smallest absolute Gasteiger partial charge is 0.315 e. The van der Waals surface area contributed by atoms with Gasteiger partial charge in [-0.1, -0.05) is 49.9 Å². The van der Waals surface area contributed by atoms with Crippen LogP contribution >= 0.6 is 0 Å². The van der Waals surface area contributed by atoms with E-state index in [2.05, 4.69) is 10.6 Å². The Morgan fingerprint density at radius 2 is 1.92 bits per heavy atom. The predicted octanol–water partition coefficient (Wildman–Crippen LogP) is 2.68. The molecule has 2 amide bonds. The van der Waals surface area contributed by atoms with Crippen LogP contribution in [0.2, 0.25) is 0 Å². The van der Waals surface area contributed by atoms with Crippen molar-refractivity contribution in [3.05, 3.63) is 35.4 Å². The quantitative estimate of drug-likeness (QED) is 0.573. The second-order valence-corrected chi connectivity index (χ2v) is 6.83. The molecule has 0 heterocycles. The average Bonchev–Trinajstić information content (AvgIpc) is 2.76. The number of hydrogen-bond donors (Lipinski definition) is 3. The molecule has 132 valence electrons. The Bertz CT molecular complexity index is 541. The maximum absolute atomic E-state index is 12.1. The minimum Gasteiger partial charge on any atom is -0.390 e. The number of rotatable bonds is 5. The van der Waals surface area contributed by atoms with E-state index in [0.717, 1.165) is 24.0 Å². The summed E-state index contributed by atoms with van der Waals surface area (Å²) in [6, 6.07) is 7.27. The number of carbonyl (C=O) groups excluding carboxylic acids is 1. The lowest BCUT2D eigenvalue weighted by molar-refractivity contribution is 0.0459. The van der Waals surface area contributed by atoms with Gasteiger partial charge in [-0.3, -0.25) is 0 Å². The lowest BCUT2D eigenvalue weighted by Crippen LogP contribution is -2.42. The molecule has 0 radical (unpaired) electrons. The molecule has 2 aliphatic carbocycles. The van der Waals surface area contributed by atoms with E-state index < -0.39 is 6.10 Å². The standard InChI is InChI=1S/C19H28N2O3/c22-17-13-14-7-5-6-10-16(14)18(17)21-19(23)20-11-12-24-15-8-3-1-2-4-9-15/h5-7,10,15,17-18,22H,1-4,8-9,11-13H2,(H2,20,21,23). The molecule has 1 saturated carbocycles. The summed E-state index contributed by atoms with van der Waals surface area (Å²) in [4.78, 5) is 12.1. The van der Waals surface area contributed by atoms with Gasteiger partial charge < -0.3 is 20.5 Å². The first-order chi connectivity index (χ1) is 11.7. The van der Waals surface area contributed by atoms with Gasteiger partial charge in [-0.15, -0.1) is 0 Å². The number of nitrogens with one attached hydrogen (secondary N) is 2. The summed E-state index contributed by atoms with van der Waals surface area (Å²) in [5, 5.41) is 15.9. The number of urea groups is 1. The first kappa shape index (κ1) is 17.2. The van der Waals surface area contributed by atoms with Crippen molar-refractivity contribution in [2.24, 2.45) is 0 Å². The van der Waals surface area contributed by atoms with Gasteiger partial charge in [0, 0.05) is 13.0 Å². The Balaban J connectivity index is 1.38. The third-order valence-electron chi connectivity index (χ3n) is 5.03. The molecule has 5 heteroatoms. The van der Waals surface area contributed by atoms with E-state index in [4.69, 9.17) is 4.74 Å². The Kier molecular flexibility index (Phi) is 6.10. The molecule has 2 atom stereocenters. The van der Waals surface area contributed by atoms with Gasteiger partial charge in [0.15, 0.2) is 0 Å². The highest BCUT2D eigenvalue weighted by Crippen LogP contribution is 2.31. The normalized spacial score (nSPS) is 24.2. The van der Waals surface area contributed by atoms with Gasteiger partial charge in [0.1, 0.15) is 0 Å². The van der Waals surface area contributed by atoms with Gasteiger partial charge in [0.2, 0.25) is 0 Å². The molecular formula is C19H28N2O3. The van der Waals surface area contributed by atoms with Crippen molar-refractivity contribution in [3.8, 4) is 0 Å². The van der Waals surface area contributed by atoms with E-state index in [1.807, 2.05) is 24.3 Å². The van der Waals surface area contributed by atoms with Crippen molar-refractivity contribution in [2.45, 2.75) is 63.2 Å². The van der Waals surface area contributed by atoms with Crippen LogP contribution in [0.4, 0.5) is 4.79 Å². The van der Waals surface area contributed by atoms with Crippen LogP contribution in [0.25, 0.3) is 0 Å². The lowest BCUT2D eigenvalue weighted by atomic mass is 10.1. The third kappa shape index (κ3) is 4.48. The number of ether oxygens (including phenoxy) is 1. The SMILES string of the molecule is O=C(NCCOC1CCCCCC1)NC1c2ccccc2CC1O. The number of hydrogen-bond acceptors (Lipinski definition) is 3. The summed E-state index contributed by atoms with van der Waals surface area (Å²) in [5.41, 5.74) is 2.11. The monoisotopic (exact) mass is 332 g/mol. The van der Waals surface area contributed by atoms with Gasteiger partial charge in [-0.25, -0.2) is 4.79 Å². The zero-order valence-corrected chi connectivity index (χ0v) is 14.2. The van der Waals surface area contributed by atoms with E-state index in [1.54, 1.807) is 0 Å². The molecule has 0 aliphatic heterocycles. The number of aliphatic hydroxyl groups excluding tert-OH is 1. The fourth-order valence-electron chi connectivity index (χ4n) is 3.74. The molecule has 2 aliphatic rings. The average molecular weight is 332 g/mol. The Labute approximate surface area is 143 Å². The van der Waals surface area contributed by atoms with Crippen LogP contribution in [0, 0.1) is 0 Å². The van der Waals surface area contributed by atoms with Crippen molar-refractivity contribution >= 4 is 6.03 Å². The van der Waals surface area contributed by atoms with Crippen LogP contribution in [0.3, 0.4) is 0 Å². The van der Waals surface area contributed by atoms with Crippen molar-refractivity contribution in [1.29, 1.82) is 0 Å². The van der Waals surface area contributed by atoms with E-state index in [-0.39, 0.29) is 12.1 Å². The molecule has 0 saturated heterocycles. The largest absolute Gasteiger partial charge is 0.390 e. The molecule has 0 spiro atoms. The number of carbonyl (C=O) groups is 1. The topological polar surface area (TPSA) is 70.6 Å². The molecule has 1 aromatic carbocycles. The molecule has 1 fully saturated rings. The van der Waals surface area contributed by atoms with Crippen LogP contribution in [0.5, 0.6) is 0 Å². The van der Waals surface area contributed by atoms with Crippen molar-refractivity contribution in [2.75, 3.05) is 13.2 Å². The molecule has 0 bridgehead atoms. The summed E-state index contributed by atoms with van der Waals surface area (Å²) in [7, 11) is 0. The maximum Gasteiger partial charge on any atom is 0.315 e.